The zero-order valence-electron chi connectivity index (χ0n) is 11.8. The van der Waals surface area contributed by atoms with Crippen LogP contribution in [-0.4, -0.2) is 29.3 Å². The van der Waals surface area contributed by atoms with Crippen molar-refractivity contribution in [3.05, 3.63) is 46.6 Å². The minimum atomic E-state index is -0.953. The van der Waals surface area contributed by atoms with Gasteiger partial charge in [0.25, 0.3) is 5.91 Å². The van der Waals surface area contributed by atoms with Gasteiger partial charge >= 0.3 is 0 Å². The summed E-state index contributed by atoms with van der Waals surface area (Å²) in [5.41, 5.74) is -1.40. The van der Waals surface area contributed by atoms with Gasteiger partial charge in [0.2, 0.25) is 6.39 Å². The Kier molecular flexibility index (Phi) is 4.27. The van der Waals surface area contributed by atoms with E-state index in [1.807, 2.05) is 0 Å². The van der Waals surface area contributed by atoms with Crippen molar-refractivity contribution in [2.45, 2.75) is 18.4 Å². The number of ether oxygens (including phenoxy) is 1. The highest BCUT2D eigenvalue weighted by Crippen LogP contribution is 2.30. The molecule has 23 heavy (non-hydrogen) atoms. The van der Waals surface area contributed by atoms with Gasteiger partial charge < -0.3 is 14.6 Å². The molecule has 1 aromatic heterocycles. The maximum Gasteiger partial charge on any atom is 0.255 e. The van der Waals surface area contributed by atoms with Crippen LogP contribution in [0.4, 0.5) is 8.78 Å². The summed E-state index contributed by atoms with van der Waals surface area (Å²) in [6, 6.07) is 1.52. The third-order valence-electron chi connectivity index (χ3n) is 3.74. The van der Waals surface area contributed by atoms with Crippen LogP contribution < -0.4 is 5.32 Å². The first-order valence-electron chi connectivity index (χ1n) is 6.83. The highest BCUT2D eigenvalue weighted by Gasteiger charge is 2.40. The number of halogens is 3. The molecule has 1 amide bonds. The van der Waals surface area contributed by atoms with E-state index in [1.165, 1.54) is 0 Å². The van der Waals surface area contributed by atoms with Crippen molar-refractivity contribution in [1.29, 1.82) is 0 Å². The molecule has 9 heteroatoms. The average Bonchev–Trinajstić information content (AvgIpc) is 3.07. The van der Waals surface area contributed by atoms with Gasteiger partial charge in [-0.2, -0.15) is 4.98 Å². The molecule has 3 rings (SSSR count). The molecule has 1 N–H and O–H groups in total. The molecular weight excluding hydrogens is 332 g/mol. The van der Waals surface area contributed by atoms with Crippen LogP contribution in [0.3, 0.4) is 0 Å². The van der Waals surface area contributed by atoms with E-state index in [2.05, 4.69) is 15.5 Å². The normalized spacial score (nSPS) is 17.0. The maximum atomic E-state index is 13.9. The number of hydrogen-bond acceptors (Lipinski definition) is 5. The van der Waals surface area contributed by atoms with E-state index in [1.54, 1.807) is 0 Å². The molecule has 1 aliphatic heterocycles. The molecule has 0 atom stereocenters. The van der Waals surface area contributed by atoms with Crippen LogP contribution >= 0.6 is 11.6 Å². The molecule has 0 radical (unpaired) electrons. The number of carbonyl (C=O) groups excluding carboxylic acids is 1. The highest BCUT2D eigenvalue weighted by atomic mass is 35.5. The van der Waals surface area contributed by atoms with E-state index in [0.29, 0.717) is 26.1 Å². The molecule has 2 heterocycles. The van der Waals surface area contributed by atoms with Crippen molar-refractivity contribution in [1.82, 2.24) is 15.5 Å². The number of hydrogen-bond donors (Lipinski definition) is 1. The topological polar surface area (TPSA) is 77.3 Å². The van der Waals surface area contributed by atoms with Gasteiger partial charge in [0.15, 0.2) is 5.82 Å². The summed E-state index contributed by atoms with van der Waals surface area (Å²) in [4.78, 5) is 16.4. The maximum absolute atomic E-state index is 13.9. The van der Waals surface area contributed by atoms with Gasteiger partial charge in [-0.25, -0.2) is 8.78 Å². The number of nitrogens with one attached hydrogen (secondary N) is 1. The zero-order valence-corrected chi connectivity index (χ0v) is 12.6. The Labute approximate surface area is 134 Å². The van der Waals surface area contributed by atoms with Crippen molar-refractivity contribution in [3.63, 3.8) is 0 Å². The summed E-state index contributed by atoms with van der Waals surface area (Å²) in [5.74, 6) is -2.31. The summed E-state index contributed by atoms with van der Waals surface area (Å²) in [5, 5.41) is 6.06. The Hall–Kier alpha value is -2.06. The summed E-state index contributed by atoms with van der Waals surface area (Å²) in [6.45, 7) is 0.735. The van der Waals surface area contributed by atoms with Gasteiger partial charge in [0.05, 0.1) is 10.6 Å². The third kappa shape index (κ3) is 3.04. The molecule has 1 fully saturated rings. The van der Waals surface area contributed by atoms with Crippen LogP contribution in [-0.2, 0) is 10.3 Å². The monoisotopic (exact) mass is 343 g/mol. The van der Waals surface area contributed by atoms with Gasteiger partial charge in [-0.3, -0.25) is 4.79 Å². The molecule has 0 spiro atoms. The van der Waals surface area contributed by atoms with E-state index < -0.39 is 33.7 Å². The summed E-state index contributed by atoms with van der Waals surface area (Å²) < 4.78 is 37.5. The fourth-order valence-electron chi connectivity index (χ4n) is 2.49. The quantitative estimate of drug-likeness (QED) is 0.866. The Morgan fingerprint density at radius 1 is 1.26 bits per heavy atom. The fourth-order valence-corrected chi connectivity index (χ4v) is 2.64. The minimum Gasteiger partial charge on any atom is -0.381 e. The summed E-state index contributed by atoms with van der Waals surface area (Å²) >= 11 is 5.50. The van der Waals surface area contributed by atoms with Gasteiger partial charge in [-0.1, -0.05) is 16.8 Å². The fraction of sp³-hybridized carbons (Fsp3) is 0.357. The Bertz CT molecular complexity index is 718. The van der Waals surface area contributed by atoms with Crippen LogP contribution in [0.2, 0.25) is 5.02 Å². The largest absolute Gasteiger partial charge is 0.381 e. The smallest absolute Gasteiger partial charge is 0.255 e. The van der Waals surface area contributed by atoms with Crippen LogP contribution in [0.5, 0.6) is 0 Å². The average molecular weight is 344 g/mol. The second kappa shape index (κ2) is 6.21. The minimum absolute atomic E-state index is 0.268. The van der Waals surface area contributed by atoms with Crippen molar-refractivity contribution in [2.24, 2.45) is 0 Å². The predicted octanol–water partition coefficient (Wildman–Crippen LogP) is 2.44. The molecule has 1 aromatic carbocycles. The van der Waals surface area contributed by atoms with Crippen molar-refractivity contribution in [3.8, 4) is 0 Å². The molecule has 6 nitrogen and oxygen atoms in total. The number of nitrogens with zero attached hydrogens (tertiary/aromatic N) is 2. The number of amides is 1. The van der Waals surface area contributed by atoms with Crippen molar-refractivity contribution in [2.75, 3.05) is 13.2 Å². The number of rotatable bonds is 3. The van der Waals surface area contributed by atoms with Crippen LogP contribution in [0.15, 0.2) is 23.0 Å². The molecule has 0 saturated carbocycles. The molecule has 0 unspecified atom stereocenters. The van der Waals surface area contributed by atoms with Crippen LogP contribution in [0.1, 0.15) is 29.0 Å². The second-order valence-corrected chi connectivity index (χ2v) is 5.56. The lowest BCUT2D eigenvalue weighted by atomic mass is 9.88. The molecule has 0 bridgehead atoms. The lowest BCUT2D eigenvalue weighted by molar-refractivity contribution is 0.0304. The zero-order chi connectivity index (χ0) is 16.4. The Balaban J connectivity index is 1.92. The van der Waals surface area contributed by atoms with Crippen molar-refractivity contribution >= 4 is 17.5 Å². The number of aromatic nitrogens is 2. The molecule has 2 aromatic rings. The molecule has 1 saturated heterocycles. The number of benzene rings is 1. The van der Waals surface area contributed by atoms with Crippen LogP contribution in [0, 0.1) is 11.6 Å². The first kappa shape index (κ1) is 15.8. The van der Waals surface area contributed by atoms with Gasteiger partial charge in [0.1, 0.15) is 17.2 Å². The molecule has 122 valence electrons. The number of carbonyl (C=O) groups is 1. The van der Waals surface area contributed by atoms with E-state index in [4.69, 9.17) is 20.9 Å². The van der Waals surface area contributed by atoms with E-state index in [0.717, 1.165) is 18.5 Å². The molecular formula is C14H12ClF2N3O3. The second-order valence-electron chi connectivity index (χ2n) is 5.15. The lowest BCUT2D eigenvalue weighted by Crippen LogP contribution is -2.50. The highest BCUT2D eigenvalue weighted by molar-refractivity contribution is 6.30. The lowest BCUT2D eigenvalue weighted by Gasteiger charge is -2.35. The summed E-state index contributed by atoms with van der Waals surface area (Å²) in [6.07, 6.45) is 1.91. The van der Waals surface area contributed by atoms with Crippen molar-refractivity contribution < 1.29 is 22.8 Å². The molecule has 0 aliphatic carbocycles. The Morgan fingerprint density at radius 2 is 2.00 bits per heavy atom. The van der Waals surface area contributed by atoms with Gasteiger partial charge in [-0.15, -0.1) is 0 Å². The SMILES string of the molecule is O=C(NC1(c2ncon2)CCOCC1)c1cc(F)c(Cl)cc1F. The van der Waals surface area contributed by atoms with Gasteiger partial charge in [0, 0.05) is 26.1 Å². The molecule has 1 aliphatic rings. The summed E-state index contributed by atoms with van der Waals surface area (Å²) in [7, 11) is 0. The Morgan fingerprint density at radius 3 is 2.65 bits per heavy atom. The van der Waals surface area contributed by atoms with Gasteiger partial charge in [-0.05, 0) is 12.1 Å². The van der Waals surface area contributed by atoms with E-state index in [-0.39, 0.29) is 5.82 Å². The predicted molar refractivity (Wildman–Crippen MR) is 74.9 cm³/mol. The van der Waals surface area contributed by atoms with E-state index >= 15 is 0 Å². The standard InChI is InChI=1S/C14H12ClF2N3O3/c15-9-6-10(16)8(5-11(9)17)12(21)19-14(1-3-22-4-2-14)13-18-7-23-20-13/h5-7H,1-4H2,(H,19,21). The third-order valence-corrected chi connectivity index (χ3v) is 4.03. The first-order valence-corrected chi connectivity index (χ1v) is 7.21. The van der Waals surface area contributed by atoms with Crippen LogP contribution in [0.25, 0.3) is 0 Å². The van der Waals surface area contributed by atoms with E-state index in [9.17, 15) is 13.6 Å². The first-order chi connectivity index (χ1) is 11.0.